The molecule has 2 atom stereocenters. The SMILES string of the molecule is CS(=O)CCCNC(=O)C(Cc1ccccc1)C(N)=S. The maximum absolute atomic E-state index is 12.1. The average Bonchev–Trinajstić information content (AvgIpc) is 2.41. The van der Waals surface area contributed by atoms with Gasteiger partial charge in [-0.2, -0.15) is 0 Å². The first kappa shape index (κ1) is 16.8. The second kappa shape index (κ2) is 8.81. The number of benzene rings is 1. The van der Waals surface area contributed by atoms with E-state index < -0.39 is 16.7 Å². The van der Waals surface area contributed by atoms with E-state index in [1.54, 1.807) is 6.26 Å². The summed E-state index contributed by atoms with van der Waals surface area (Å²) >= 11 is 4.98. The molecule has 1 aromatic rings. The van der Waals surface area contributed by atoms with Gasteiger partial charge in [-0.1, -0.05) is 42.5 Å². The first-order chi connectivity index (χ1) is 9.50. The van der Waals surface area contributed by atoms with E-state index in [-0.39, 0.29) is 10.9 Å². The fourth-order valence-electron chi connectivity index (χ4n) is 1.78. The highest BCUT2D eigenvalue weighted by Gasteiger charge is 2.21. The molecule has 6 heteroatoms. The minimum absolute atomic E-state index is 0.164. The Morgan fingerprint density at radius 1 is 1.40 bits per heavy atom. The van der Waals surface area contributed by atoms with Crippen LogP contribution < -0.4 is 11.1 Å². The van der Waals surface area contributed by atoms with Gasteiger partial charge in [-0.15, -0.1) is 0 Å². The Kier molecular flexibility index (Phi) is 7.40. The fourth-order valence-corrected chi connectivity index (χ4v) is 2.52. The molecular weight excluding hydrogens is 292 g/mol. The van der Waals surface area contributed by atoms with Gasteiger partial charge in [0.05, 0.1) is 10.9 Å². The summed E-state index contributed by atoms with van der Waals surface area (Å²) in [5.41, 5.74) is 6.68. The van der Waals surface area contributed by atoms with Crippen LogP contribution in [0, 0.1) is 5.92 Å². The molecule has 1 rings (SSSR count). The van der Waals surface area contributed by atoms with Gasteiger partial charge >= 0.3 is 0 Å². The number of carbonyl (C=O) groups is 1. The van der Waals surface area contributed by atoms with Crippen molar-refractivity contribution in [2.45, 2.75) is 12.8 Å². The molecule has 110 valence electrons. The Labute approximate surface area is 127 Å². The number of nitrogens with two attached hydrogens (primary N) is 1. The van der Waals surface area contributed by atoms with E-state index in [1.807, 2.05) is 30.3 Å². The third-order valence-electron chi connectivity index (χ3n) is 2.85. The van der Waals surface area contributed by atoms with Gasteiger partial charge in [0, 0.05) is 29.4 Å². The van der Waals surface area contributed by atoms with Crippen LogP contribution in [0.25, 0.3) is 0 Å². The lowest BCUT2D eigenvalue weighted by atomic mass is 9.98. The minimum Gasteiger partial charge on any atom is -0.393 e. The van der Waals surface area contributed by atoms with Crippen LogP contribution in [0.3, 0.4) is 0 Å². The number of rotatable bonds is 8. The smallest absolute Gasteiger partial charge is 0.230 e. The molecule has 3 N–H and O–H groups in total. The number of hydrogen-bond donors (Lipinski definition) is 2. The summed E-state index contributed by atoms with van der Waals surface area (Å²) in [6.07, 6.45) is 2.83. The molecule has 1 aromatic carbocycles. The van der Waals surface area contributed by atoms with Gasteiger partial charge in [-0.05, 0) is 18.4 Å². The lowest BCUT2D eigenvalue weighted by Crippen LogP contribution is -2.39. The maximum atomic E-state index is 12.1. The molecule has 0 aliphatic heterocycles. The molecular formula is C14H20N2O2S2. The van der Waals surface area contributed by atoms with E-state index in [2.05, 4.69) is 5.32 Å². The van der Waals surface area contributed by atoms with Crippen molar-refractivity contribution < 1.29 is 9.00 Å². The van der Waals surface area contributed by atoms with E-state index in [0.717, 1.165) is 5.56 Å². The maximum Gasteiger partial charge on any atom is 0.230 e. The average molecular weight is 312 g/mol. The zero-order chi connectivity index (χ0) is 15.0. The zero-order valence-corrected chi connectivity index (χ0v) is 13.1. The second-order valence-corrected chi connectivity index (χ2v) is 6.59. The predicted molar refractivity (Wildman–Crippen MR) is 87.0 cm³/mol. The van der Waals surface area contributed by atoms with Crippen LogP contribution in [0.15, 0.2) is 30.3 Å². The fraction of sp³-hybridized carbons (Fsp3) is 0.429. The van der Waals surface area contributed by atoms with Crippen LogP contribution in [0.1, 0.15) is 12.0 Å². The van der Waals surface area contributed by atoms with E-state index >= 15 is 0 Å². The molecule has 0 aliphatic carbocycles. The van der Waals surface area contributed by atoms with E-state index in [0.29, 0.717) is 25.1 Å². The van der Waals surface area contributed by atoms with E-state index in [1.165, 1.54) is 0 Å². The van der Waals surface area contributed by atoms with Crippen molar-refractivity contribution in [1.82, 2.24) is 5.32 Å². The topological polar surface area (TPSA) is 72.2 Å². The molecule has 20 heavy (non-hydrogen) atoms. The first-order valence-corrected chi connectivity index (χ1v) is 8.55. The van der Waals surface area contributed by atoms with Crippen molar-refractivity contribution in [2.24, 2.45) is 11.7 Å². The van der Waals surface area contributed by atoms with Crippen molar-refractivity contribution >= 4 is 33.9 Å². The number of thiocarbonyl (C=S) groups is 1. The van der Waals surface area contributed by atoms with Crippen molar-refractivity contribution in [2.75, 3.05) is 18.6 Å². The molecule has 0 heterocycles. The molecule has 0 saturated heterocycles. The second-order valence-electron chi connectivity index (χ2n) is 4.57. The third kappa shape index (κ3) is 6.25. The molecule has 0 aliphatic rings. The van der Waals surface area contributed by atoms with Gasteiger partial charge in [-0.25, -0.2) is 0 Å². The highest BCUT2D eigenvalue weighted by molar-refractivity contribution is 7.84. The number of hydrogen-bond acceptors (Lipinski definition) is 3. The molecule has 0 radical (unpaired) electrons. The summed E-state index contributed by atoms with van der Waals surface area (Å²) in [6.45, 7) is 0.492. The summed E-state index contributed by atoms with van der Waals surface area (Å²) in [7, 11) is -0.833. The zero-order valence-electron chi connectivity index (χ0n) is 11.5. The summed E-state index contributed by atoms with van der Waals surface area (Å²) in [4.78, 5) is 12.3. The number of nitrogens with one attached hydrogen (secondary N) is 1. The number of carbonyl (C=O) groups excluding carboxylic acids is 1. The minimum atomic E-state index is -0.833. The summed E-state index contributed by atoms with van der Waals surface area (Å²) < 4.78 is 10.9. The van der Waals surface area contributed by atoms with Crippen molar-refractivity contribution in [3.8, 4) is 0 Å². The standard InChI is InChI=1S/C14H20N2O2S2/c1-20(18)9-5-8-16-14(17)12(13(15)19)10-11-6-3-2-4-7-11/h2-4,6-7,12H,5,8-10H2,1H3,(H2,15,19)(H,16,17). The van der Waals surface area contributed by atoms with Crippen LogP contribution in [0.2, 0.25) is 0 Å². The van der Waals surface area contributed by atoms with Gasteiger partial charge in [0.2, 0.25) is 5.91 Å². The van der Waals surface area contributed by atoms with E-state index in [9.17, 15) is 9.00 Å². The summed E-state index contributed by atoms with van der Waals surface area (Å²) in [5, 5.41) is 2.80. The Bertz CT molecular complexity index is 477. The summed E-state index contributed by atoms with van der Waals surface area (Å²) in [6, 6.07) is 9.64. The van der Waals surface area contributed by atoms with Crippen LogP contribution >= 0.6 is 12.2 Å². The van der Waals surface area contributed by atoms with Gasteiger partial charge in [-0.3, -0.25) is 9.00 Å². The van der Waals surface area contributed by atoms with Gasteiger partial charge in [0.1, 0.15) is 0 Å². The lowest BCUT2D eigenvalue weighted by Gasteiger charge is -2.15. The van der Waals surface area contributed by atoms with Crippen molar-refractivity contribution in [1.29, 1.82) is 0 Å². The normalized spacial score (nSPS) is 13.4. The summed E-state index contributed by atoms with van der Waals surface area (Å²) in [5.74, 6) is -0.0840. The van der Waals surface area contributed by atoms with Gasteiger partial charge in [0.15, 0.2) is 0 Å². The van der Waals surface area contributed by atoms with Crippen molar-refractivity contribution in [3.05, 3.63) is 35.9 Å². The van der Waals surface area contributed by atoms with Gasteiger partial charge < -0.3 is 11.1 Å². The molecule has 0 fully saturated rings. The number of amides is 1. The first-order valence-electron chi connectivity index (χ1n) is 6.41. The van der Waals surface area contributed by atoms with Gasteiger partial charge in [0.25, 0.3) is 0 Å². The highest BCUT2D eigenvalue weighted by atomic mass is 32.2. The Hall–Kier alpha value is -1.27. The molecule has 2 unspecified atom stereocenters. The molecule has 0 spiro atoms. The van der Waals surface area contributed by atoms with Crippen LogP contribution in [0.5, 0.6) is 0 Å². The monoisotopic (exact) mass is 312 g/mol. The predicted octanol–water partition coefficient (Wildman–Crippen LogP) is 1.02. The molecule has 0 aromatic heterocycles. The van der Waals surface area contributed by atoms with Crippen LogP contribution in [-0.4, -0.2) is 33.7 Å². The Morgan fingerprint density at radius 3 is 2.60 bits per heavy atom. The molecule has 0 saturated carbocycles. The molecule has 4 nitrogen and oxygen atoms in total. The largest absolute Gasteiger partial charge is 0.393 e. The third-order valence-corrected chi connectivity index (χ3v) is 4.00. The Balaban J connectivity index is 2.51. The van der Waals surface area contributed by atoms with Crippen LogP contribution in [0.4, 0.5) is 0 Å². The van der Waals surface area contributed by atoms with E-state index in [4.69, 9.17) is 18.0 Å². The molecule has 1 amide bonds. The van der Waals surface area contributed by atoms with Crippen molar-refractivity contribution in [3.63, 3.8) is 0 Å². The Morgan fingerprint density at radius 2 is 2.05 bits per heavy atom. The highest BCUT2D eigenvalue weighted by Crippen LogP contribution is 2.09. The lowest BCUT2D eigenvalue weighted by molar-refractivity contribution is -0.122. The van der Waals surface area contributed by atoms with Crippen LogP contribution in [-0.2, 0) is 22.0 Å². The quantitative estimate of drug-likeness (QED) is 0.555. The molecule has 0 bridgehead atoms.